The highest BCUT2D eigenvalue weighted by molar-refractivity contribution is 8.03. The molecule has 0 aliphatic heterocycles. The predicted octanol–water partition coefficient (Wildman–Crippen LogP) is 3.94. The summed E-state index contributed by atoms with van der Waals surface area (Å²) in [5.74, 6) is 0. The van der Waals surface area contributed by atoms with Crippen molar-refractivity contribution >= 4 is 46.5 Å². The molecule has 2 rings (SSSR count). The molecule has 0 aliphatic rings. The average molecular weight is 300 g/mol. The highest BCUT2D eigenvalue weighted by atomic mass is 35.5. The van der Waals surface area contributed by atoms with E-state index in [2.05, 4.69) is 10.2 Å². The molecule has 2 aromatic rings. The van der Waals surface area contributed by atoms with E-state index in [1.54, 1.807) is 23.9 Å². The number of aromatic nitrogens is 2. The maximum atomic E-state index is 8.77. The summed E-state index contributed by atoms with van der Waals surface area (Å²) >= 11 is 10.6. The molecular weight excluding hydrogens is 294 g/mol. The second-order valence-electron chi connectivity index (χ2n) is 2.89. The van der Waals surface area contributed by atoms with Crippen LogP contribution in [0.3, 0.4) is 0 Å². The number of nitrogens with zero attached hydrogens (tertiary/aromatic N) is 3. The Morgan fingerprint density at radius 1 is 1.35 bits per heavy atom. The van der Waals surface area contributed by atoms with Crippen molar-refractivity contribution in [3.8, 4) is 6.07 Å². The molecule has 0 N–H and O–H groups in total. The van der Waals surface area contributed by atoms with E-state index in [-0.39, 0.29) is 0 Å². The number of thioether (sulfide) groups is 1. The molecule has 0 aliphatic carbocycles. The van der Waals surface area contributed by atoms with E-state index in [4.69, 9.17) is 16.9 Å². The molecule has 0 unspecified atom stereocenters. The summed E-state index contributed by atoms with van der Waals surface area (Å²) in [4.78, 5) is 0.956. The van der Waals surface area contributed by atoms with Crippen molar-refractivity contribution in [1.82, 2.24) is 10.2 Å². The summed E-state index contributed by atoms with van der Waals surface area (Å²) in [6, 6.07) is 7.36. The Balaban J connectivity index is 2.19. The lowest BCUT2D eigenvalue weighted by atomic mass is 10.2. The van der Waals surface area contributed by atoms with Gasteiger partial charge in [-0.1, -0.05) is 46.5 Å². The van der Waals surface area contributed by atoms with Gasteiger partial charge >= 0.3 is 0 Å². The molecular formula is C10H6ClN3S3. The Morgan fingerprint density at radius 3 is 2.71 bits per heavy atom. The molecule has 0 saturated heterocycles. The second-order valence-corrected chi connectivity index (χ2v) is 6.65. The van der Waals surface area contributed by atoms with Crippen LogP contribution >= 0.6 is 46.5 Å². The van der Waals surface area contributed by atoms with E-state index in [1.807, 2.05) is 18.4 Å². The number of nitriles is 1. The molecule has 86 valence electrons. The van der Waals surface area contributed by atoms with Gasteiger partial charge in [0.15, 0.2) is 8.68 Å². The van der Waals surface area contributed by atoms with E-state index >= 15 is 0 Å². The van der Waals surface area contributed by atoms with Crippen molar-refractivity contribution in [3.05, 3.63) is 28.8 Å². The minimum atomic E-state index is 0.465. The van der Waals surface area contributed by atoms with Crippen LogP contribution in [0.5, 0.6) is 0 Å². The molecule has 3 nitrogen and oxygen atoms in total. The minimum absolute atomic E-state index is 0.465. The van der Waals surface area contributed by atoms with Crippen LogP contribution < -0.4 is 0 Å². The standard InChI is InChI=1S/C10H6ClN3S3/c1-15-9-13-14-10(17-9)16-7-3-2-6(5-12)8(11)4-7/h2-4H,1H3. The van der Waals surface area contributed by atoms with Crippen LogP contribution in [0.15, 0.2) is 31.8 Å². The fourth-order valence-corrected chi connectivity index (χ4v) is 3.81. The third-order valence-electron chi connectivity index (χ3n) is 1.83. The summed E-state index contributed by atoms with van der Waals surface area (Å²) in [6.07, 6.45) is 1.97. The quantitative estimate of drug-likeness (QED) is 0.804. The first-order chi connectivity index (χ1) is 8.22. The van der Waals surface area contributed by atoms with E-state index in [0.29, 0.717) is 10.6 Å². The van der Waals surface area contributed by atoms with Crippen molar-refractivity contribution < 1.29 is 0 Å². The lowest BCUT2D eigenvalue weighted by molar-refractivity contribution is 0.956. The van der Waals surface area contributed by atoms with Gasteiger partial charge in [0.05, 0.1) is 10.6 Å². The third-order valence-corrected chi connectivity index (χ3v) is 5.08. The Labute approximate surface area is 116 Å². The molecule has 0 saturated carbocycles. The SMILES string of the molecule is CSc1nnc(Sc2ccc(C#N)c(Cl)c2)s1. The van der Waals surface area contributed by atoms with E-state index in [9.17, 15) is 0 Å². The molecule has 0 fully saturated rings. The fraction of sp³-hybridized carbons (Fsp3) is 0.100. The van der Waals surface area contributed by atoms with Gasteiger partial charge in [0.25, 0.3) is 0 Å². The van der Waals surface area contributed by atoms with Crippen molar-refractivity contribution in [3.63, 3.8) is 0 Å². The predicted molar refractivity (Wildman–Crippen MR) is 72.0 cm³/mol. The molecule has 0 radical (unpaired) electrons. The normalized spacial score (nSPS) is 10.2. The number of benzene rings is 1. The Bertz CT molecular complexity index is 576. The number of hydrogen-bond donors (Lipinski definition) is 0. The third kappa shape index (κ3) is 3.13. The van der Waals surface area contributed by atoms with Gasteiger partial charge in [0.2, 0.25) is 0 Å². The number of rotatable bonds is 3. The first kappa shape index (κ1) is 12.7. The van der Waals surface area contributed by atoms with Gasteiger partial charge < -0.3 is 0 Å². The van der Waals surface area contributed by atoms with Gasteiger partial charge in [-0.05, 0) is 24.5 Å². The van der Waals surface area contributed by atoms with Crippen LogP contribution in [0.4, 0.5) is 0 Å². The van der Waals surface area contributed by atoms with Gasteiger partial charge in [-0.25, -0.2) is 0 Å². The van der Waals surface area contributed by atoms with Gasteiger partial charge in [-0.15, -0.1) is 10.2 Å². The molecule has 17 heavy (non-hydrogen) atoms. The molecule has 0 bridgehead atoms. The van der Waals surface area contributed by atoms with Gasteiger partial charge in [-0.2, -0.15) is 5.26 Å². The van der Waals surface area contributed by atoms with Crippen LogP contribution in [0.2, 0.25) is 5.02 Å². The molecule has 1 heterocycles. The van der Waals surface area contributed by atoms with E-state index in [0.717, 1.165) is 13.6 Å². The lowest BCUT2D eigenvalue weighted by Gasteiger charge is -1.99. The highest BCUT2D eigenvalue weighted by Gasteiger charge is 2.07. The number of hydrogen-bond acceptors (Lipinski definition) is 6. The lowest BCUT2D eigenvalue weighted by Crippen LogP contribution is -1.78. The van der Waals surface area contributed by atoms with Crippen LogP contribution in [0, 0.1) is 11.3 Å². The Kier molecular flexibility index (Phi) is 4.29. The van der Waals surface area contributed by atoms with Gasteiger partial charge in [-0.3, -0.25) is 0 Å². The van der Waals surface area contributed by atoms with Crippen molar-refractivity contribution in [2.45, 2.75) is 13.6 Å². The second kappa shape index (κ2) is 5.74. The molecule has 0 atom stereocenters. The van der Waals surface area contributed by atoms with Crippen molar-refractivity contribution in [2.75, 3.05) is 6.26 Å². The van der Waals surface area contributed by atoms with E-state index in [1.165, 1.54) is 23.1 Å². The summed E-state index contributed by atoms with van der Waals surface area (Å²) in [6.45, 7) is 0. The van der Waals surface area contributed by atoms with E-state index < -0.39 is 0 Å². The summed E-state index contributed by atoms with van der Waals surface area (Å²) < 4.78 is 1.81. The largest absolute Gasteiger partial charge is 0.192 e. The molecule has 0 amide bonds. The van der Waals surface area contributed by atoms with Crippen LogP contribution in [-0.2, 0) is 0 Å². The van der Waals surface area contributed by atoms with Crippen LogP contribution in [0.25, 0.3) is 0 Å². The monoisotopic (exact) mass is 299 g/mol. The smallest absolute Gasteiger partial charge is 0.179 e. The zero-order valence-corrected chi connectivity index (χ0v) is 11.9. The number of halogens is 1. The minimum Gasteiger partial charge on any atom is -0.192 e. The molecule has 1 aromatic carbocycles. The molecule has 7 heteroatoms. The Morgan fingerprint density at radius 2 is 2.12 bits per heavy atom. The summed E-state index contributed by atoms with van der Waals surface area (Å²) in [5, 5.41) is 17.3. The Hall–Kier alpha value is -0.740. The first-order valence-electron chi connectivity index (χ1n) is 4.48. The maximum absolute atomic E-state index is 8.77. The zero-order valence-electron chi connectivity index (χ0n) is 8.68. The molecule has 1 aromatic heterocycles. The summed E-state index contributed by atoms with van der Waals surface area (Å²) in [5.41, 5.74) is 0.484. The van der Waals surface area contributed by atoms with Crippen LogP contribution in [0.1, 0.15) is 5.56 Å². The van der Waals surface area contributed by atoms with Gasteiger partial charge in [0.1, 0.15) is 6.07 Å². The molecule has 0 spiro atoms. The van der Waals surface area contributed by atoms with Crippen molar-refractivity contribution in [1.29, 1.82) is 5.26 Å². The van der Waals surface area contributed by atoms with Crippen molar-refractivity contribution in [2.24, 2.45) is 0 Å². The first-order valence-corrected chi connectivity index (χ1v) is 7.71. The fourth-order valence-electron chi connectivity index (χ4n) is 1.07. The highest BCUT2D eigenvalue weighted by Crippen LogP contribution is 2.34. The van der Waals surface area contributed by atoms with Gasteiger partial charge in [0, 0.05) is 4.90 Å². The van der Waals surface area contributed by atoms with Crippen LogP contribution in [-0.4, -0.2) is 16.5 Å². The maximum Gasteiger partial charge on any atom is 0.179 e. The zero-order chi connectivity index (χ0) is 12.3. The summed E-state index contributed by atoms with van der Waals surface area (Å²) in [7, 11) is 0. The average Bonchev–Trinajstić information content (AvgIpc) is 2.77. The topological polar surface area (TPSA) is 49.6 Å².